The Hall–Kier alpha value is -1.93. The summed E-state index contributed by atoms with van der Waals surface area (Å²) in [6.07, 6.45) is 4.94. The van der Waals surface area contributed by atoms with Crippen LogP contribution in [0.5, 0.6) is 0 Å². The van der Waals surface area contributed by atoms with Gasteiger partial charge in [-0.05, 0) is 51.0 Å². The molecule has 1 aromatic carbocycles. The summed E-state index contributed by atoms with van der Waals surface area (Å²) in [7, 11) is -2.01. The third-order valence-corrected chi connectivity index (χ3v) is 6.98. The van der Waals surface area contributed by atoms with Gasteiger partial charge in [0.2, 0.25) is 10.0 Å². The summed E-state index contributed by atoms with van der Waals surface area (Å²) < 4.78 is 27.1. The van der Waals surface area contributed by atoms with Gasteiger partial charge in [-0.25, -0.2) is 8.42 Å². The normalized spacial score (nSPS) is 15.9. The first-order valence-corrected chi connectivity index (χ1v) is 10.7. The van der Waals surface area contributed by atoms with Crippen molar-refractivity contribution in [2.45, 2.75) is 62.9 Å². The predicted molar refractivity (Wildman–Crippen MR) is 102 cm³/mol. The van der Waals surface area contributed by atoms with E-state index in [9.17, 15) is 18.0 Å². The van der Waals surface area contributed by atoms with E-state index in [2.05, 4.69) is 0 Å². The van der Waals surface area contributed by atoms with Crippen LogP contribution in [-0.2, 0) is 14.8 Å². The highest BCUT2D eigenvalue weighted by atomic mass is 32.2. The number of rotatable bonds is 7. The number of benzene rings is 1. The molecule has 0 atom stereocenters. The highest BCUT2D eigenvalue weighted by Gasteiger charge is 2.29. The number of carbonyl (C=O) groups excluding carboxylic acids is 1. The second kappa shape index (κ2) is 8.84. The van der Waals surface area contributed by atoms with E-state index in [1.165, 1.54) is 33.5 Å². The van der Waals surface area contributed by atoms with Crippen LogP contribution in [0.15, 0.2) is 29.2 Å². The summed E-state index contributed by atoms with van der Waals surface area (Å²) in [6, 6.07) is 5.46. The van der Waals surface area contributed by atoms with Gasteiger partial charge in [-0.15, -0.1) is 0 Å². The van der Waals surface area contributed by atoms with Gasteiger partial charge in [-0.2, -0.15) is 4.31 Å². The topological polar surface area (TPSA) is 95.0 Å². The van der Waals surface area contributed by atoms with Crippen LogP contribution < -0.4 is 0 Å². The number of aliphatic carboxylic acids is 1. The van der Waals surface area contributed by atoms with Gasteiger partial charge < -0.3 is 10.0 Å². The lowest BCUT2D eigenvalue weighted by atomic mass is 9.96. The number of carboxylic acid groups (broad SMARTS) is 1. The maximum atomic E-state index is 12.9. The average molecular weight is 397 g/mol. The van der Waals surface area contributed by atoms with Crippen LogP contribution in [0.4, 0.5) is 0 Å². The maximum Gasteiger partial charge on any atom is 0.323 e. The number of hydrogen-bond acceptors (Lipinski definition) is 4. The molecule has 1 N–H and O–H groups in total. The molecule has 150 valence electrons. The summed E-state index contributed by atoms with van der Waals surface area (Å²) in [5.74, 6) is -1.53. The molecule has 0 radical (unpaired) electrons. The molecule has 0 unspecified atom stereocenters. The molecule has 8 heteroatoms. The zero-order valence-electron chi connectivity index (χ0n) is 16.1. The maximum absolute atomic E-state index is 12.9. The fourth-order valence-corrected chi connectivity index (χ4v) is 4.79. The van der Waals surface area contributed by atoms with Gasteiger partial charge in [0.1, 0.15) is 6.54 Å². The highest BCUT2D eigenvalue weighted by Crippen LogP contribution is 2.26. The van der Waals surface area contributed by atoms with Gasteiger partial charge in [0, 0.05) is 24.7 Å². The molecular weight excluding hydrogens is 368 g/mol. The van der Waals surface area contributed by atoms with E-state index in [-0.39, 0.29) is 22.5 Å². The number of sulfonamides is 1. The van der Waals surface area contributed by atoms with E-state index in [1.54, 1.807) is 20.9 Å². The minimum Gasteiger partial charge on any atom is -0.480 e. The first-order chi connectivity index (χ1) is 12.6. The zero-order chi connectivity index (χ0) is 20.2. The van der Waals surface area contributed by atoms with Crippen LogP contribution in [-0.4, -0.2) is 60.3 Å². The van der Waals surface area contributed by atoms with Gasteiger partial charge in [-0.1, -0.05) is 19.3 Å². The van der Waals surface area contributed by atoms with Crippen LogP contribution in [0.3, 0.4) is 0 Å². The second-order valence-electron chi connectivity index (χ2n) is 7.26. The van der Waals surface area contributed by atoms with Crippen LogP contribution >= 0.6 is 0 Å². The van der Waals surface area contributed by atoms with E-state index in [0.717, 1.165) is 32.1 Å². The summed E-state index contributed by atoms with van der Waals surface area (Å²) in [5.41, 5.74) is 0.268. The Kier molecular flexibility index (Phi) is 7.00. The van der Waals surface area contributed by atoms with Crippen molar-refractivity contribution in [1.29, 1.82) is 0 Å². The zero-order valence-corrected chi connectivity index (χ0v) is 16.9. The van der Waals surface area contributed by atoms with Crippen molar-refractivity contribution >= 4 is 21.9 Å². The van der Waals surface area contributed by atoms with Crippen molar-refractivity contribution in [3.8, 4) is 0 Å². The lowest BCUT2D eigenvalue weighted by molar-refractivity contribution is -0.138. The molecule has 0 spiro atoms. The summed E-state index contributed by atoms with van der Waals surface area (Å²) >= 11 is 0. The SMILES string of the molecule is CC(C)N(CC(=O)O)C(=O)c1ccc(S(=O)(=O)N(C)C2CCCCC2)cc1. The lowest BCUT2D eigenvalue weighted by Crippen LogP contribution is -2.40. The lowest BCUT2D eigenvalue weighted by Gasteiger charge is -2.30. The Balaban J connectivity index is 2.20. The summed E-state index contributed by atoms with van der Waals surface area (Å²) in [4.78, 5) is 24.9. The predicted octanol–water partition coefficient (Wildman–Crippen LogP) is 2.58. The summed E-state index contributed by atoms with van der Waals surface area (Å²) in [6.45, 7) is 3.07. The molecule has 27 heavy (non-hydrogen) atoms. The molecule has 0 aliphatic heterocycles. The fraction of sp³-hybridized carbons (Fsp3) is 0.579. The molecule has 1 aliphatic rings. The Labute approximate surface area is 161 Å². The van der Waals surface area contributed by atoms with Crippen molar-refractivity contribution in [3.05, 3.63) is 29.8 Å². The molecule has 0 bridgehead atoms. The van der Waals surface area contributed by atoms with E-state index in [1.807, 2.05) is 0 Å². The van der Waals surface area contributed by atoms with E-state index < -0.39 is 28.4 Å². The van der Waals surface area contributed by atoms with Gasteiger partial charge >= 0.3 is 5.97 Å². The summed E-state index contributed by atoms with van der Waals surface area (Å²) in [5, 5.41) is 8.99. The van der Waals surface area contributed by atoms with Gasteiger partial charge in [0.25, 0.3) is 5.91 Å². The van der Waals surface area contributed by atoms with Crippen molar-refractivity contribution in [2.24, 2.45) is 0 Å². The molecule has 1 saturated carbocycles. The van der Waals surface area contributed by atoms with Crippen molar-refractivity contribution < 1.29 is 23.1 Å². The van der Waals surface area contributed by atoms with Gasteiger partial charge in [0.05, 0.1) is 4.90 Å². The number of carbonyl (C=O) groups is 2. The standard InChI is InChI=1S/C19H28N2O5S/c1-14(2)21(13-18(22)23)19(24)15-9-11-17(12-10-15)27(25,26)20(3)16-7-5-4-6-8-16/h9-12,14,16H,4-8,13H2,1-3H3,(H,22,23). The quantitative estimate of drug-likeness (QED) is 0.764. The Bertz CT molecular complexity index is 768. The smallest absolute Gasteiger partial charge is 0.323 e. The van der Waals surface area contributed by atoms with Crippen LogP contribution in [0.2, 0.25) is 0 Å². The first kappa shape index (κ1) is 21.4. The van der Waals surface area contributed by atoms with E-state index in [4.69, 9.17) is 5.11 Å². The molecule has 0 aromatic heterocycles. The Morgan fingerprint density at radius 2 is 1.67 bits per heavy atom. The average Bonchev–Trinajstić information content (AvgIpc) is 2.65. The number of amides is 1. The fourth-order valence-electron chi connectivity index (χ4n) is 3.38. The van der Waals surface area contributed by atoms with Crippen LogP contribution in [0.25, 0.3) is 0 Å². The number of hydrogen-bond donors (Lipinski definition) is 1. The second-order valence-corrected chi connectivity index (χ2v) is 9.26. The number of carboxylic acids is 1. The molecule has 1 aromatic rings. The van der Waals surface area contributed by atoms with Gasteiger partial charge in [0.15, 0.2) is 0 Å². The minimum atomic E-state index is -3.62. The third-order valence-electron chi connectivity index (χ3n) is 5.06. The molecule has 7 nitrogen and oxygen atoms in total. The van der Waals surface area contributed by atoms with Crippen molar-refractivity contribution in [3.63, 3.8) is 0 Å². The molecule has 1 fully saturated rings. The number of nitrogens with zero attached hydrogens (tertiary/aromatic N) is 2. The Morgan fingerprint density at radius 3 is 2.15 bits per heavy atom. The van der Waals surface area contributed by atoms with Crippen LogP contribution in [0.1, 0.15) is 56.3 Å². The monoisotopic (exact) mass is 396 g/mol. The molecule has 1 amide bonds. The van der Waals surface area contributed by atoms with Crippen molar-refractivity contribution in [1.82, 2.24) is 9.21 Å². The van der Waals surface area contributed by atoms with Crippen LogP contribution in [0, 0.1) is 0 Å². The highest BCUT2D eigenvalue weighted by molar-refractivity contribution is 7.89. The molecule has 1 aliphatic carbocycles. The van der Waals surface area contributed by atoms with Crippen molar-refractivity contribution in [2.75, 3.05) is 13.6 Å². The first-order valence-electron chi connectivity index (χ1n) is 9.25. The van der Waals surface area contributed by atoms with E-state index >= 15 is 0 Å². The minimum absolute atomic E-state index is 0.0112. The van der Waals surface area contributed by atoms with E-state index in [0.29, 0.717) is 0 Å². The molecule has 0 heterocycles. The molecule has 2 rings (SSSR count). The van der Waals surface area contributed by atoms with Gasteiger partial charge in [-0.3, -0.25) is 9.59 Å². The third kappa shape index (κ3) is 5.07. The largest absolute Gasteiger partial charge is 0.480 e. The molecular formula is C19H28N2O5S. The molecule has 0 saturated heterocycles. The Morgan fingerprint density at radius 1 is 1.11 bits per heavy atom.